The predicted molar refractivity (Wildman–Crippen MR) is 87.9 cm³/mol. The molecule has 6 nitrogen and oxygen atoms in total. The second-order valence-electron chi connectivity index (χ2n) is 7.20. The maximum absolute atomic E-state index is 12.5. The fourth-order valence-corrected chi connectivity index (χ4v) is 2.80. The molecule has 0 aromatic rings. The SMILES string of the molecule is CCC(C)C(=O)N1CCCC(C(=O)NC(C)(C)CCC(=O)O)C1. The molecule has 2 atom stereocenters. The van der Waals surface area contributed by atoms with Gasteiger partial charge in [0.2, 0.25) is 11.8 Å². The highest BCUT2D eigenvalue weighted by Crippen LogP contribution is 2.21. The van der Waals surface area contributed by atoms with Crippen LogP contribution in [-0.2, 0) is 14.4 Å². The largest absolute Gasteiger partial charge is 0.481 e. The zero-order valence-corrected chi connectivity index (χ0v) is 14.7. The molecule has 2 N–H and O–H groups in total. The number of carboxylic acids is 1. The van der Waals surface area contributed by atoms with E-state index < -0.39 is 11.5 Å². The lowest BCUT2D eigenvalue weighted by molar-refractivity contribution is -0.140. The van der Waals surface area contributed by atoms with Crippen LogP contribution < -0.4 is 5.32 Å². The number of likely N-dealkylation sites (tertiary alicyclic amines) is 1. The summed E-state index contributed by atoms with van der Waals surface area (Å²) >= 11 is 0. The van der Waals surface area contributed by atoms with Crippen LogP contribution in [0.3, 0.4) is 0 Å². The maximum Gasteiger partial charge on any atom is 0.303 e. The van der Waals surface area contributed by atoms with E-state index in [9.17, 15) is 14.4 Å². The molecule has 0 aromatic carbocycles. The van der Waals surface area contributed by atoms with Gasteiger partial charge in [0.1, 0.15) is 0 Å². The molecule has 1 rings (SSSR count). The highest BCUT2D eigenvalue weighted by atomic mass is 16.4. The van der Waals surface area contributed by atoms with Crippen molar-refractivity contribution in [3.05, 3.63) is 0 Å². The van der Waals surface area contributed by atoms with Crippen molar-refractivity contribution in [2.75, 3.05) is 13.1 Å². The molecule has 0 saturated carbocycles. The zero-order chi connectivity index (χ0) is 17.6. The molecule has 132 valence electrons. The van der Waals surface area contributed by atoms with Crippen molar-refractivity contribution in [3.63, 3.8) is 0 Å². The van der Waals surface area contributed by atoms with E-state index in [2.05, 4.69) is 5.32 Å². The first-order valence-electron chi connectivity index (χ1n) is 8.49. The average molecular weight is 326 g/mol. The van der Waals surface area contributed by atoms with E-state index in [0.717, 1.165) is 25.8 Å². The van der Waals surface area contributed by atoms with Crippen LogP contribution in [0, 0.1) is 11.8 Å². The molecule has 0 radical (unpaired) electrons. The topological polar surface area (TPSA) is 86.7 Å². The summed E-state index contributed by atoms with van der Waals surface area (Å²) < 4.78 is 0. The number of nitrogens with one attached hydrogen (secondary N) is 1. The van der Waals surface area contributed by atoms with Gasteiger partial charge in [0, 0.05) is 31.0 Å². The van der Waals surface area contributed by atoms with E-state index in [1.807, 2.05) is 27.7 Å². The van der Waals surface area contributed by atoms with Crippen LogP contribution >= 0.6 is 0 Å². The first kappa shape index (κ1) is 19.5. The van der Waals surface area contributed by atoms with Crippen LogP contribution in [0.2, 0.25) is 0 Å². The Morgan fingerprint density at radius 1 is 1.35 bits per heavy atom. The smallest absolute Gasteiger partial charge is 0.303 e. The van der Waals surface area contributed by atoms with E-state index in [-0.39, 0.29) is 30.1 Å². The predicted octanol–water partition coefficient (Wildman–Crippen LogP) is 2.03. The van der Waals surface area contributed by atoms with Crippen molar-refractivity contribution in [1.29, 1.82) is 0 Å². The summed E-state index contributed by atoms with van der Waals surface area (Å²) in [6, 6.07) is 0. The summed E-state index contributed by atoms with van der Waals surface area (Å²) in [5.41, 5.74) is -0.557. The summed E-state index contributed by atoms with van der Waals surface area (Å²) in [5.74, 6) is -1.04. The summed E-state index contributed by atoms with van der Waals surface area (Å²) in [6.07, 6.45) is 2.81. The Labute approximate surface area is 138 Å². The van der Waals surface area contributed by atoms with Gasteiger partial charge in [-0.25, -0.2) is 0 Å². The first-order valence-corrected chi connectivity index (χ1v) is 8.49. The first-order chi connectivity index (χ1) is 10.7. The second kappa shape index (κ2) is 8.31. The number of hydrogen-bond acceptors (Lipinski definition) is 3. The number of aliphatic carboxylic acids is 1. The Hall–Kier alpha value is -1.59. The number of nitrogens with zero attached hydrogens (tertiary/aromatic N) is 1. The minimum atomic E-state index is -0.865. The number of amides is 2. The van der Waals surface area contributed by atoms with Gasteiger partial charge in [-0.15, -0.1) is 0 Å². The fourth-order valence-electron chi connectivity index (χ4n) is 2.80. The van der Waals surface area contributed by atoms with Gasteiger partial charge in [0.05, 0.1) is 5.92 Å². The van der Waals surface area contributed by atoms with Crippen LogP contribution in [0.1, 0.15) is 59.8 Å². The normalized spacial score (nSPS) is 20.0. The molecule has 0 spiro atoms. The molecule has 1 saturated heterocycles. The zero-order valence-electron chi connectivity index (χ0n) is 14.7. The lowest BCUT2D eigenvalue weighted by Gasteiger charge is -2.35. The molecule has 1 fully saturated rings. The van der Waals surface area contributed by atoms with Crippen LogP contribution in [0.25, 0.3) is 0 Å². The molecule has 6 heteroatoms. The van der Waals surface area contributed by atoms with Crippen LogP contribution in [0.5, 0.6) is 0 Å². The summed E-state index contributed by atoms with van der Waals surface area (Å²) in [7, 11) is 0. The third kappa shape index (κ3) is 6.20. The van der Waals surface area contributed by atoms with E-state index in [0.29, 0.717) is 13.0 Å². The molecular formula is C17H30N2O4. The van der Waals surface area contributed by atoms with Gasteiger partial charge in [-0.1, -0.05) is 13.8 Å². The Balaban J connectivity index is 2.59. The van der Waals surface area contributed by atoms with Gasteiger partial charge in [0.25, 0.3) is 0 Å². The van der Waals surface area contributed by atoms with E-state index in [1.54, 1.807) is 4.90 Å². The Morgan fingerprint density at radius 3 is 2.57 bits per heavy atom. The summed E-state index contributed by atoms with van der Waals surface area (Å²) in [5, 5.41) is 11.7. The highest BCUT2D eigenvalue weighted by Gasteiger charge is 2.32. The number of carboxylic acid groups (broad SMARTS) is 1. The minimum absolute atomic E-state index is 0.0104. The number of piperidine rings is 1. The highest BCUT2D eigenvalue weighted by molar-refractivity contribution is 5.82. The molecule has 2 amide bonds. The van der Waals surface area contributed by atoms with Crippen molar-refractivity contribution in [1.82, 2.24) is 10.2 Å². The van der Waals surface area contributed by atoms with Crippen molar-refractivity contribution in [3.8, 4) is 0 Å². The van der Waals surface area contributed by atoms with Crippen LogP contribution in [0.4, 0.5) is 0 Å². The number of rotatable bonds is 7. The fraction of sp³-hybridized carbons (Fsp3) is 0.824. The van der Waals surface area contributed by atoms with Crippen molar-refractivity contribution in [2.24, 2.45) is 11.8 Å². The third-order valence-corrected chi connectivity index (χ3v) is 4.56. The van der Waals surface area contributed by atoms with Crippen molar-refractivity contribution < 1.29 is 19.5 Å². The quantitative estimate of drug-likeness (QED) is 0.749. The molecule has 1 aliphatic heterocycles. The molecular weight excluding hydrogens is 296 g/mol. The summed E-state index contributed by atoms with van der Waals surface area (Å²) in [6.45, 7) is 8.75. The Kier molecular flexibility index (Phi) is 7.03. The van der Waals surface area contributed by atoms with Crippen molar-refractivity contribution in [2.45, 2.75) is 65.3 Å². The van der Waals surface area contributed by atoms with Crippen LogP contribution in [-0.4, -0.2) is 46.4 Å². The molecule has 2 unspecified atom stereocenters. The van der Waals surface area contributed by atoms with Gasteiger partial charge >= 0.3 is 5.97 Å². The molecule has 1 heterocycles. The molecule has 0 bridgehead atoms. The monoisotopic (exact) mass is 326 g/mol. The molecule has 23 heavy (non-hydrogen) atoms. The molecule has 0 aliphatic carbocycles. The van der Waals surface area contributed by atoms with Crippen LogP contribution in [0.15, 0.2) is 0 Å². The average Bonchev–Trinajstić information content (AvgIpc) is 2.51. The summed E-state index contributed by atoms with van der Waals surface area (Å²) in [4.78, 5) is 37.2. The number of carbonyl (C=O) groups excluding carboxylic acids is 2. The van der Waals surface area contributed by atoms with Gasteiger partial charge in [-0.05, 0) is 39.5 Å². The van der Waals surface area contributed by atoms with Gasteiger partial charge in [0.15, 0.2) is 0 Å². The van der Waals surface area contributed by atoms with E-state index in [4.69, 9.17) is 5.11 Å². The Morgan fingerprint density at radius 2 is 2.00 bits per heavy atom. The van der Waals surface area contributed by atoms with Crippen molar-refractivity contribution >= 4 is 17.8 Å². The minimum Gasteiger partial charge on any atom is -0.481 e. The lowest BCUT2D eigenvalue weighted by Crippen LogP contribution is -2.51. The number of hydrogen-bond donors (Lipinski definition) is 2. The van der Waals surface area contributed by atoms with E-state index in [1.165, 1.54) is 0 Å². The molecule has 1 aliphatic rings. The van der Waals surface area contributed by atoms with Gasteiger partial charge in [-0.3, -0.25) is 14.4 Å². The van der Waals surface area contributed by atoms with Gasteiger partial charge in [-0.2, -0.15) is 0 Å². The Bertz CT molecular complexity index is 448. The van der Waals surface area contributed by atoms with E-state index >= 15 is 0 Å². The standard InChI is InChI=1S/C17H30N2O4/c1-5-12(2)16(23)19-10-6-7-13(11-19)15(22)18-17(3,4)9-8-14(20)21/h12-13H,5-11H2,1-4H3,(H,18,22)(H,20,21). The second-order valence-corrected chi connectivity index (χ2v) is 7.20. The maximum atomic E-state index is 12.5. The third-order valence-electron chi connectivity index (χ3n) is 4.56. The molecule has 0 aromatic heterocycles. The number of carbonyl (C=O) groups is 3. The lowest BCUT2D eigenvalue weighted by atomic mass is 9.92. The van der Waals surface area contributed by atoms with Gasteiger partial charge < -0.3 is 15.3 Å².